The first-order valence-corrected chi connectivity index (χ1v) is 7.39. The average molecular weight is 316 g/mol. The number of rotatable bonds is 7. The second-order valence-electron chi connectivity index (χ2n) is 5.56. The lowest BCUT2D eigenvalue weighted by Crippen LogP contribution is -2.49. The highest BCUT2D eigenvalue weighted by molar-refractivity contribution is 5.77. The standard InChI is InChI=1S/C16H23F3N2O/c1-3-15(20,4-2)11-21-14(22)10-13(16(17,18)19)12-8-6-5-7-9-12/h5-9,13H,3-4,10-11,20H2,1-2H3,(H,21,22). The maximum Gasteiger partial charge on any atom is 0.396 e. The van der Waals surface area contributed by atoms with Gasteiger partial charge in [0.25, 0.3) is 0 Å². The number of hydrogen-bond donors (Lipinski definition) is 2. The van der Waals surface area contributed by atoms with Crippen molar-refractivity contribution in [2.24, 2.45) is 5.73 Å². The summed E-state index contributed by atoms with van der Waals surface area (Å²) in [4.78, 5) is 11.9. The molecule has 0 heterocycles. The lowest BCUT2D eigenvalue weighted by Gasteiger charge is -2.27. The molecule has 1 atom stereocenters. The van der Waals surface area contributed by atoms with Crippen LogP contribution >= 0.6 is 0 Å². The summed E-state index contributed by atoms with van der Waals surface area (Å²) in [5, 5.41) is 2.53. The van der Waals surface area contributed by atoms with Gasteiger partial charge in [-0.15, -0.1) is 0 Å². The van der Waals surface area contributed by atoms with Crippen molar-refractivity contribution < 1.29 is 18.0 Å². The molecule has 0 spiro atoms. The van der Waals surface area contributed by atoms with Crippen LogP contribution in [0.4, 0.5) is 13.2 Å². The summed E-state index contributed by atoms with van der Waals surface area (Å²) in [6, 6.07) is 7.48. The molecule has 6 heteroatoms. The molecule has 1 unspecified atom stereocenters. The molecule has 3 nitrogen and oxygen atoms in total. The molecule has 0 aliphatic heterocycles. The zero-order chi connectivity index (χ0) is 16.8. The quantitative estimate of drug-likeness (QED) is 0.810. The Kier molecular flexibility index (Phi) is 6.41. The highest BCUT2D eigenvalue weighted by Gasteiger charge is 2.41. The van der Waals surface area contributed by atoms with E-state index in [0.29, 0.717) is 12.8 Å². The third-order valence-corrected chi connectivity index (χ3v) is 4.03. The van der Waals surface area contributed by atoms with Gasteiger partial charge in [-0.25, -0.2) is 0 Å². The fourth-order valence-corrected chi connectivity index (χ4v) is 2.14. The Morgan fingerprint density at radius 2 is 1.73 bits per heavy atom. The van der Waals surface area contributed by atoms with Gasteiger partial charge in [0, 0.05) is 18.5 Å². The zero-order valence-electron chi connectivity index (χ0n) is 12.9. The van der Waals surface area contributed by atoms with Gasteiger partial charge >= 0.3 is 6.18 Å². The van der Waals surface area contributed by atoms with Crippen LogP contribution in [-0.2, 0) is 4.79 Å². The van der Waals surface area contributed by atoms with Gasteiger partial charge in [-0.2, -0.15) is 13.2 Å². The fraction of sp³-hybridized carbons (Fsp3) is 0.562. The van der Waals surface area contributed by atoms with Gasteiger partial charge in [0.15, 0.2) is 0 Å². The summed E-state index contributed by atoms with van der Waals surface area (Å²) < 4.78 is 39.5. The minimum Gasteiger partial charge on any atom is -0.354 e. The van der Waals surface area contributed by atoms with Gasteiger partial charge in [0.05, 0.1) is 5.92 Å². The third kappa shape index (κ3) is 5.33. The molecule has 0 aliphatic carbocycles. The van der Waals surface area contributed by atoms with Crippen molar-refractivity contribution in [2.75, 3.05) is 6.54 Å². The lowest BCUT2D eigenvalue weighted by atomic mass is 9.93. The van der Waals surface area contributed by atoms with Gasteiger partial charge in [-0.1, -0.05) is 44.2 Å². The lowest BCUT2D eigenvalue weighted by molar-refractivity contribution is -0.157. The SMILES string of the molecule is CCC(N)(CC)CNC(=O)CC(c1ccccc1)C(F)(F)F. The van der Waals surface area contributed by atoms with E-state index < -0.39 is 30.0 Å². The minimum absolute atomic E-state index is 0.0927. The van der Waals surface area contributed by atoms with Crippen molar-refractivity contribution >= 4 is 5.91 Å². The summed E-state index contributed by atoms with van der Waals surface area (Å²) in [7, 11) is 0. The Morgan fingerprint density at radius 3 is 2.18 bits per heavy atom. The number of hydrogen-bond acceptors (Lipinski definition) is 2. The number of carbonyl (C=O) groups is 1. The molecule has 0 aliphatic rings. The predicted octanol–water partition coefficient (Wildman–Crippen LogP) is 3.36. The third-order valence-electron chi connectivity index (χ3n) is 4.03. The molecule has 1 aromatic carbocycles. The van der Waals surface area contributed by atoms with E-state index in [-0.39, 0.29) is 12.1 Å². The first kappa shape index (κ1) is 18.5. The van der Waals surface area contributed by atoms with Gasteiger partial charge in [-0.05, 0) is 18.4 Å². The first-order chi connectivity index (χ1) is 10.2. The maximum absolute atomic E-state index is 13.2. The Bertz CT molecular complexity index is 470. The van der Waals surface area contributed by atoms with E-state index >= 15 is 0 Å². The number of halogens is 3. The molecule has 0 fully saturated rings. The normalized spacial score (nSPS) is 13.7. The van der Waals surface area contributed by atoms with Crippen molar-refractivity contribution in [2.45, 2.75) is 50.7 Å². The van der Waals surface area contributed by atoms with Crippen LogP contribution in [0.5, 0.6) is 0 Å². The Labute approximate surface area is 129 Å². The number of nitrogens with one attached hydrogen (secondary N) is 1. The van der Waals surface area contributed by atoms with Crippen LogP contribution < -0.4 is 11.1 Å². The molecule has 0 bridgehead atoms. The van der Waals surface area contributed by atoms with Crippen LogP contribution in [0.2, 0.25) is 0 Å². The minimum atomic E-state index is -4.46. The molecule has 0 radical (unpaired) electrons. The summed E-state index contributed by atoms with van der Waals surface area (Å²) >= 11 is 0. The highest BCUT2D eigenvalue weighted by atomic mass is 19.4. The van der Waals surface area contributed by atoms with Gasteiger partial charge in [0.2, 0.25) is 5.91 Å². The summed E-state index contributed by atoms with van der Waals surface area (Å²) in [5.41, 5.74) is 5.56. The Balaban J connectivity index is 2.73. The van der Waals surface area contributed by atoms with Gasteiger partial charge in [-0.3, -0.25) is 4.79 Å². The van der Waals surface area contributed by atoms with E-state index in [1.807, 2.05) is 13.8 Å². The molecule has 3 N–H and O–H groups in total. The molecule has 0 saturated carbocycles. The first-order valence-electron chi connectivity index (χ1n) is 7.39. The molecule has 1 aromatic rings. The summed E-state index contributed by atoms with van der Waals surface area (Å²) in [5.74, 6) is -2.44. The van der Waals surface area contributed by atoms with E-state index in [1.54, 1.807) is 6.07 Å². The largest absolute Gasteiger partial charge is 0.396 e. The molecule has 1 amide bonds. The second-order valence-corrected chi connectivity index (χ2v) is 5.56. The van der Waals surface area contributed by atoms with Crippen LogP contribution in [0.3, 0.4) is 0 Å². The Morgan fingerprint density at radius 1 is 1.18 bits per heavy atom. The van der Waals surface area contributed by atoms with E-state index in [2.05, 4.69) is 5.32 Å². The van der Waals surface area contributed by atoms with Gasteiger partial charge < -0.3 is 11.1 Å². The van der Waals surface area contributed by atoms with Crippen molar-refractivity contribution in [1.29, 1.82) is 0 Å². The Hall–Kier alpha value is -1.56. The van der Waals surface area contributed by atoms with Crippen molar-refractivity contribution in [3.63, 3.8) is 0 Å². The number of amides is 1. The number of carbonyl (C=O) groups excluding carboxylic acids is 1. The molecule has 124 valence electrons. The number of nitrogens with two attached hydrogens (primary N) is 1. The molecule has 22 heavy (non-hydrogen) atoms. The van der Waals surface area contributed by atoms with Crippen molar-refractivity contribution in [1.82, 2.24) is 5.32 Å². The summed E-state index contributed by atoms with van der Waals surface area (Å²) in [6.45, 7) is 3.95. The van der Waals surface area contributed by atoms with Crippen LogP contribution in [0, 0.1) is 0 Å². The van der Waals surface area contributed by atoms with E-state index in [4.69, 9.17) is 5.73 Å². The zero-order valence-corrected chi connectivity index (χ0v) is 12.9. The molecular formula is C16H23F3N2O. The maximum atomic E-state index is 13.2. The van der Waals surface area contributed by atoms with Crippen LogP contribution in [0.1, 0.15) is 44.6 Å². The number of benzene rings is 1. The summed E-state index contributed by atoms with van der Waals surface area (Å²) in [6.07, 6.45) is -3.80. The molecule has 0 aromatic heterocycles. The molecular weight excluding hydrogens is 293 g/mol. The predicted molar refractivity (Wildman–Crippen MR) is 80.4 cm³/mol. The molecule has 0 saturated heterocycles. The van der Waals surface area contributed by atoms with Crippen LogP contribution in [0.25, 0.3) is 0 Å². The monoisotopic (exact) mass is 316 g/mol. The van der Waals surface area contributed by atoms with Gasteiger partial charge in [0.1, 0.15) is 0 Å². The second kappa shape index (κ2) is 7.63. The average Bonchev–Trinajstić information content (AvgIpc) is 2.50. The number of alkyl halides is 3. The van der Waals surface area contributed by atoms with Crippen LogP contribution in [0.15, 0.2) is 30.3 Å². The van der Waals surface area contributed by atoms with E-state index in [1.165, 1.54) is 24.3 Å². The van der Waals surface area contributed by atoms with Crippen LogP contribution in [-0.4, -0.2) is 24.2 Å². The molecule has 1 rings (SSSR count). The topological polar surface area (TPSA) is 55.1 Å². The fourth-order valence-electron chi connectivity index (χ4n) is 2.14. The smallest absolute Gasteiger partial charge is 0.354 e. The van der Waals surface area contributed by atoms with Crippen molar-refractivity contribution in [3.8, 4) is 0 Å². The van der Waals surface area contributed by atoms with E-state index in [0.717, 1.165) is 0 Å². The van der Waals surface area contributed by atoms with E-state index in [9.17, 15) is 18.0 Å². The van der Waals surface area contributed by atoms with Crippen molar-refractivity contribution in [3.05, 3.63) is 35.9 Å². The highest BCUT2D eigenvalue weighted by Crippen LogP contribution is 2.37.